The Balaban J connectivity index is 0.00000167. The number of piperazine rings is 1. The highest BCUT2D eigenvalue weighted by Crippen LogP contribution is 2.28. The number of aromatic nitrogens is 2. The number of fused-ring (bicyclic) bond motifs is 1. The molecule has 1 fully saturated rings. The van der Waals surface area contributed by atoms with Crippen LogP contribution >= 0.6 is 0 Å². The van der Waals surface area contributed by atoms with Crippen molar-refractivity contribution in [1.82, 2.24) is 19.8 Å². The van der Waals surface area contributed by atoms with Gasteiger partial charge in [0.1, 0.15) is 5.84 Å². The Hall–Kier alpha value is -4.69. The number of terminal acetylenes is 1. The lowest BCUT2D eigenvalue weighted by Gasteiger charge is -2.35. The largest absolute Gasteiger partial charge is 0.403 e. The first kappa shape index (κ1) is 24.9. The summed E-state index contributed by atoms with van der Waals surface area (Å²) in [7, 11) is 0. The predicted molar refractivity (Wildman–Crippen MR) is 132 cm³/mol. The maximum absolute atomic E-state index is 14.6. The van der Waals surface area contributed by atoms with Crippen LogP contribution in [0.3, 0.4) is 0 Å². The number of H-pyrrole nitrogens is 1. The van der Waals surface area contributed by atoms with Crippen LogP contribution in [0.15, 0.2) is 55.1 Å². The third-order valence-corrected chi connectivity index (χ3v) is 5.50. The van der Waals surface area contributed by atoms with Gasteiger partial charge in [0.15, 0.2) is 11.6 Å². The molecule has 0 saturated carbocycles. The molecule has 3 heterocycles. The molecule has 1 aromatic carbocycles. The van der Waals surface area contributed by atoms with E-state index in [0.717, 1.165) is 16.8 Å². The fourth-order valence-corrected chi connectivity index (χ4v) is 3.80. The molecule has 1 aliphatic heterocycles. The Morgan fingerprint density at radius 3 is 2.40 bits per heavy atom. The number of amides is 1. The van der Waals surface area contributed by atoms with Crippen molar-refractivity contribution >= 4 is 34.2 Å². The molecule has 0 bridgehead atoms. The fourth-order valence-electron chi connectivity index (χ4n) is 3.80. The molecule has 11 heteroatoms. The summed E-state index contributed by atoms with van der Waals surface area (Å²) < 4.78 is 14.6. The normalized spacial score (nSPS) is 13.4. The molecule has 1 saturated heterocycles. The van der Waals surface area contributed by atoms with Crippen molar-refractivity contribution in [3.8, 4) is 12.8 Å². The van der Waals surface area contributed by atoms with E-state index in [1.807, 2.05) is 35.2 Å². The first-order valence-corrected chi connectivity index (χ1v) is 10.6. The van der Waals surface area contributed by atoms with E-state index < -0.39 is 17.5 Å². The molecule has 10 nitrogen and oxygen atoms in total. The molecule has 35 heavy (non-hydrogen) atoms. The van der Waals surface area contributed by atoms with E-state index in [0.29, 0.717) is 18.9 Å². The summed E-state index contributed by atoms with van der Waals surface area (Å²) in [6.45, 7) is 1.37. The quantitative estimate of drug-likeness (QED) is 0.0828. The third-order valence-electron chi connectivity index (χ3n) is 5.50. The number of amidine groups is 1. The number of halogens is 1. The average molecular weight is 477 g/mol. The summed E-state index contributed by atoms with van der Waals surface area (Å²) in [5.74, 6) is 4.04. The summed E-state index contributed by atoms with van der Waals surface area (Å²) >= 11 is 0. The molecule has 0 aliphatic carbocycles. The van der Waals surface area contributed by atoms with Crippen molar-refractivity contribution < 1.29 is 14.0 Å². The monoisotopic (exact) mass is 476 g/mol. The fraction of sp³-hybridized carbons (Fsp3) is 0.167. The molecule has 0 atom stereocenters. The molecule has 1 amide bonds. The highest BCUT2D eigenvalue weighted by molar-refractivity contribution is 6.45. The van der Waals surface area contributed by atoms with Gasteiger partial charge in [-0.25, -0.2) is 15.2 Å². The van der Waals surface area contributed by atoms with E-state index in [2.05, 4.69) is 22.8 Å². The van der Waals surface area contributed by atoms with Gasteiger partial charge in [0.05, 0.1) is 22.7 Å². The number of anilines is 1. The third kappa shape index (κ3) is 4.97. The van der Waals surface area contributed by atoms with Gasteiger partial charge in [0, 0.05) is 50.3 Å². The first-order chi connectivity index (χ1) is 16.9. The maximum Gasteiger partial charge on any atom is 0.295 e. The van der Waals surface area contributed by atoms with Gasteiger partial charge in [0.2, 0.25) is 0 Å². The maximum atomic E-state index is 14.6. The van der Waals surface area contributed by atoms with Gasteiger partial charge in [-0.1, -0.05) is 30.3 Å². The van der Waals surface area contributed by atoms with Crippen molar-refractivity contribution in [2.75, 3.05) is 31.2 Å². The Bertz CT molecular complexity index is 1280. The van der Waals surface area contributed by atoms with Crippen molar-refractivity contribution in [2.45, 2.75) is 0 Å². The number of Topliss-reactive ketones (excluding diaryl/α,β-unsaturated/α-hetero) is 1. The molecule has 0 spiro atoms. The summed E-state index contributed by atoms with van der Waals surface area (Å²) in [6, 6.07) is 9.30. The van der Waals surface area contributed by atoms with Crippen LogP contribution in [-0.4, -0.2) is 63.5 Å². The number of ketones is 1. The lowest BCUT2D eigenvalue weighted by atomic mass is 10.1. The van der Waals surface area contributed by atoms with Gasteiger partial charge in [-0.3, -0.25) is 20.0 Å². The Morgan fingerprint density at radius 1 is 1.14 bits per heavy atom. The highest BCUT2D eigenvalue weighted by atomic mass is 19.1. The van der Waals surface area contributed by atoms with Crippen LogP contribution in [0, 0.1) is 24.1 Å². The molecular weight excluding hydrogens is 451 g/mol. The van der Waals surface area contributed by atoms with E-state index in [9.17, 15) is 14.0 Å². The number of carbonyl (C=O) groups is 2. The number of nitrogens with one attached hydrogen (secondary N) is 2. The summed E-state index contributed by atoms with van der Waals surface area (Å²) in [5.41, 5.74) is 6.20. The molecule has 180 valence electrons. The van der Waals surface area contributed by atoms with Crippen LogP contribution in [0.1, 0.15) is 15.9 Å². The van der Waals surface area contributed by atoms with Gasteiger partial charge in [-0.15, -0.1) is 12.8 Å². The minimum Gasteiger partial charge on any atom is -0.403 e. The summed E-state index contributed by atoms with van der Waals surface area (Å²) in [6.07, 6.45) is 12.7. The Morgan fingerprint density at radius 2 is 1.77 bits per heavy atom. The zero-order valence-electron chi connectivity index (χ0n) is 18.8. The topological polar surface area (TPSA) is 148 Å². The second-order valence-corrected chi connectivity index (χ2v) is 7.45. The minimum absolute atomic E-state index is 0.0660. The average Bonchev–Trinajstić information content (AvgIpc) is 3.35. The predicted octanol–water partition coefficient (Wildman–Crippen LogP) is 1.41. The van der Waals surface area contributed by atoms with E-state index in [1.165, 1.54) is 23.5 Å². The number of hydrogen-bond acceptors (Lipinski definition) is 7. The molecule has 3 aromatic rings. The number of pyridine rings is 1. The van der Waals surface area contributed by atoms with Crippen molar-refractivity contribution in [1.29, 1.82) is 5.41 Å². The molecular formula is C24H25FN8O2. The molecule has 4 rings (SSSR count). The van der Waals surface area contributed by atoms with Gasteiger partial charge >= 0.3 is 0 Å². The van der Waals surface area contributed by atoms with Gasteiger partial charge in [-0.2, -0.15) is 0 Å². The Kier molecular flexibility index (Phi) is 7.81. The second kappa shape index (κ2) is 11.0. The molecule has 6 N–H and O–H groups in total. The molecule has 1 aliphatic rings. The van der Waals surface area contributed by atoms with Crippen LogP contribution in [0.2, 0.25) is 0 Å². The van der Waals surface area contributed by atoms with Crippen LogP contribution < -0.4 is 16.6 Å². The van der Waals surface area contributed by atoms with Gasteiger partial charge in [0.25, 0.3) is 11.7 Å². The summed E-state index contributed by atoms with van der Waals surface area (Å²) in [4.78, 5) is 35.9. The lowest BCUT2D eigenvalue weighted by Crippen LogP contribution is -2.52. The number of rotatable bonds is 5. The second-order valence-electron chi connectivity index (χ2n) is 7.45. The van der Waals surface area contributed by atoms with Crippen LogP contribution in [0.5, 0.6) is 0 Å². The minimum atomic E-state index is -0.832. The zero-order valence-corrected chi connectivity index (χ0v) is 18.8. The summed E-state index contributed by atoms with van der Waals surface area (Å²) in [5, 5.41) is 9.38. The molecule has 0 unspecified atom stereocenters. The zero-order chi connectivity index (χ0) is 25.5. The molecule has 2 aromatic heterocycles. The van der Waals surface area contributed by atoms with Crippen molar-refractivity contribution in [3.05, 3.63) is 72.1 Å². The lowest BCUT2D eigenvalue weighted by molar-refractivity contribution is -0.127. The number of nitrogens with two attached hydrogens (primary N) is 2. The number of hydrazine groups is 1. The number of nitrogens with zero attached hydrogens (tertiary/aromatic N) is 4. The standard InChI is InChI=1S/C22H23FN8O2.C2H2/c23-16-13-28-21(31(26)7-6-24)18-17(16)15(12-27-18)19(32)22(33)30-10-8-29(9-11-30)20(25)14-4-2-1-3-5-14;1-2/h1-7,12-13,25,27H,8-11,24,26H2;1-2H/b7-6-,25-20?;. The van der Waals surface area contributed by atoms with Crippen LogP contribution in [-0.2, 0) is 4.79 Å². The van der Waals surface area contributed by atoms with E-state index in [-0.39, 0.29) is 35.4 Å². The van der Waals surface area contributed by atoms with Crippen molar-refractivity contribution in [3.63, 3.8) is 0 Å². The Labute approximate surface area is 201 Å². The number of aromatic amines is 1. The smallest absolute Gasteiger partial charge is 0.295 e. The van der Waals surface area contributed by atoms with E-state index >= 15 is 0 Å². The van der Waals surface area contributed by atoms with E-state index in [1.54, 1.807) is 0 Å². The number of carbonyl (C=O) groups excluding carboxylic acids is 2. The van der Waals surface area contributed by atoms with E-state index in [4.69, 9.17) is 17.0 Å². The first-order valence-electron chi connectivity index (χ1n) is 10.6. The van der Waals surface area contributed by atoms with Crippen LogP contribution in [0.25, 0.3) is 10.9 Å². The SMILES string of the molecule is C#C.N=C(c1ccccc1)N1CCN(C(=O)C(=O)c2c[nH]c3c(N(N)/C=C\N)ncc(F)c23)CC1. The number of hydrogen-bond donors (Lipinski definition) is 4. The van der Waals surface area contributed by atoms with Gasteiger partial charge < -0.3 is 20.5 Å². The van der Waals surface area contributed by atoms with Crippen molar-refractivity contribution in [2.24, 2.45) is 11.6 Å². The molecule has 0 radical (unpaired) electrons. The van der Waals surface area contributed by atoms with Gasteiger partial charge in [-0.05, 0) is 0 Å². The highest BCUT2D eigenvalue weighted by Gasteiger charge is 2.30. The number of benzene rings is 1. The van der Waals surface area contributed by atoms with Crippen LogP contribution in [0.4, 0.5) is 10.2 Å².